The van der Waals surface area contributed by atoms with Crippen LogP contribution in [0, 0.1) is 6.92 Å². The molecule has 0 spiro atoms. The Morgan fingerprint density at radius 1 is 1.45 bits per heavy atom. The second-order valence-corrected chi connectivity index (χ2v) is 7.35. The van der Waals surface area contributed by atoms with Crippen molar-refractivity contribution in [1.82, 2.24) is 15.1 Å². The maximum absolute atomic E-state index is 12.4. The fraction of sp³-hybridized carbons (Fsp3) is 0.417. The molecule has 0 unspecified atom stereocenters. The minimum atomic E-state index is -3.56. The third-order valence-corrected chi connectivity index (χ3v) is 5.46. The van der Waals surface area contributed by atoms with Gasteiger partial charge in [0.1, 0.15) is 4.90 Å². The van der Waals surface area contributed by atoms with E-state index in [2.05, 4.69) is 15.1 Å². The molecule has 2 N–H and O–H groups in total. The summed E-state index contributed by atoms with van der Waals surface area (Å²) < 4.78 is 29.0. The minimum absolute atomic E-state index is 0.331. The van der Waals surface area contributed by atoms with Crippen molar-refractivity contribution in [3.8, 4) is 0 Å². The summed E-state index contributed by atoms with van der Waals surface area (Å²) in [5.74, 6) is 0. The molecule has 20 heavy (non-hydrogen) atoms. The van der Waals surface area contributed by atoms with Crippen molar-refractivity contribution in [1.29, 1.82) is 0 Å². The maximum atomic E-state index is 12.4. The van der Waals surface area contributed by atoms with Gasteiger partial charge < -0.3 is 5.32 Å². The highest BCUT2D eigenvalue weighted by molar-refractivity contribution is 7.93. The van der Waals surface area contributed by atoms with Gasteiger partial charge in [-0.15, -0.1) is 11.3 Å². The molecule has 0 aliphatic heterocycles. The Balaban J connectivity index is 2.25. The normalized spacial score (nSPS) is 11.8. The quantitative estimate of drug-likeness (QED) is 0.852. The van der Waals surface area contributed by atoms with Crippen LogP contribution in [0.5, 0.6) is 0 Å². The summed E-state index contributed by atoms with van der Waals surface area (Å²) in [5.41, 5.74) is 0.479. The lowest BCUT2D eigenvalue weighted by atomic mass is 10.4. The molecule has 6 nitrogen and oxygen atoms in total. The van der Waals surface area contributed by atoms with Gasteiger partial charge in [-0.2, -0.15) is 5.10 Å². The largest absolute Gasteiger partial charge is 0.315 e. The minimum Gasteiger partial charge on any atom is -0.315 e. The molecule has 2 aromatic rings. The monoisotopic (exact) mass is 314 g/mol. The number of rotatable bonds is 6. The number of sulfonamides is 1. The van der Waals surface area contributed by atoms with Gasteiger partial charge in [0.2, 0.25) is 0 Å². The molecule has 0 amide bonds. The predicted octanol–water partition coefficient (Wildman–Crippen LogP) is 1.79. The van der Waals surface area contributed by atoms with E-state index in [1.165, 1.54) is 17.5 Å². The van der Waals surface area contributed by atoms with Crippen LogP contribution in [0.3, 0.4) is 0 Å². The van der Waals surface area contributed by atoms with Crippen molar-refractivity contribution in [2.45, 2.75) is 31.8 Å². The Kier molecular flexibility index (Phi) is 4.46. The van der Waals surface area contributed by atoms with E-state index in [1.807, 2.05) is 20.9 Å². The highest BCUT2D eigenvalue weighted by Crippen LogP contribution is 2.27. The topological polar surface area (TPSA) is 76.0 Å². The van der Waals surface area contributed by atoms with Crippen LogP contribution in [0.25, 0.3) is 0 Å². The third-order valence-electron chi connectivity index (χ3n) is 2.77. The number of aromatic nitrogens is 2. The van der Waals surface area contributed by atoms with Crippen LogP contribution < -0.4 is 10.0 Å². The van der Waals surface area contributed by atoms with Crippen molar-refractivity contribution in [2.75, 3.05) is 11.8 Å². The van der Waals surface area contributed by atoms with Gasteiger partial charge in [-0.3, -0.25) is 9.40 Å². The summed E-state index contributed by atoms with van der Waals surface area (Å²) in [6.07, 6.45) is 3.19. The summed E-state index contributed by atoms with van der Waals surface area (Å²) >= 11 is 1.48. The van der Waals surface area contributed by atoms with Gasteiger partial charge in [0.05, 0.1) is 11.9 Å². The molecule has 8 heteroatoms. The van der Waals surface area contributed by atoms with Crippen molar-refractivity contribution in [2.24, 2.45) is 0 Å². The van der Waals surface area contributed by atoms with Gasteiger partial charge in [-0.1, -0.05) is 0 Å². The standard InChI is InChI=1S/C12H18N4O2S2/c1-4-16-8-10(6-14-16)15-20(17,18)12-5-11(7-13-3)19-9(12)2/h5-6,8,13,15H,4,7H2,1-3H3. The van der Waals surface area contributed by atoms with Crippen molar-refractivity contribution < 1.29 is 8.42 Å². The molecule has 0 bridgehead atoms. The zero-order chi connectivity index (χ0) is 14.8. The zero-order valence-electron chi connectivity index (χ0n) is 11.7. The molecule has 0 aliphatic carbocycles. The first-order chi connectivity index (χ1) is 9.46. The average molecular weight is 314 g/mol. The van der Waals surface area contributed by atoms with Crippen LogP contribution in [-0.4, -0.2) is 25.2 Å². The molecule has 2 heterocycles. The van der Waals surface area contributed by atoms with Crippen LogP contribution in [0.1, 0.15) is 16.7 Å². The van der Waals surface area contributed by atoms with E-state index in [0.29, 0.717) is 23.7 Å². The fourth-order valence-electron chi connectivity index (χ4n) is 1.85. The van der Waals surface area contributed by atoms with Crippen molar-refractivity contribution in [3.05, 3.63) is 28.2 Å². The van der Waals surface area contributed by atoms with Gasteiger partial charge in [-0.05, 0) is 27.0 Å². The molecule has 110 valence electrons. The van der Waals surface area contributed by atoms with Gasteiger partial charge in [0.15, 0.2) is 0 Å². The fourth-order valence-corrected chi connectivity index (χ4v) is 4.53. The van der Waals surface area contributed by atoms with E-state index >= 15 is 0 Å². The Hall–Kier alpha value is -1.38. The maximum Gasteiger partial charge on any atom is 0.263 e. The predicted molar refractivity (Wildman–Crippen MR) is 80.5 cm³/mol. The first-order valence-electron chi connectivity index (χ1n) is 6.25. The summed E-state index contributed by atoms with van der Waals surface area (Å²) in [6.45, 7) is 5.12. The molecule has 0 fully saturated rings. The molecule has 0 saturated heterocycles. The number of nitrogens with one attached hydrogen (secondary N) is 2. The van der Waals surface area contributed by atoms with Gasteiger partial charge in [0, 0.05) is 29.0 Å². The lowest BCUT2D eigenvalue weighted by Crippen LogP contribution is -2.12. The molecule has 0 radical (unpaired) electrons. The molecular formula is C12H18N4O2S2. The van der Waals surface area contributed by atoms with E-state index in [0.717, 1.165) is 9.75 Å². The van der Waals surface area contributed by atoms with Crippen LogP contribution in [0.4, 0.5) is 5.69 Å². The van der Waals surface area contributed by atoms with Crippen LogP contribution in [-0.2, 0) is 23.1 Å². The number of thiophene rings is 1. The van der Waals surface area contributed by atoms with E-state index in [-0.39, 0.29) is 0 Å². The van der Waals surface area contributed by atoms with E-state index in [9.17, 15) is 8.42 Å². The second-order valence-electron chi connectivity index (χ2n) is 4.35. The number of nitrogens with zero attached hydrogens (tertiary/aromatic N) is 2. The summed E-state index contributed by atoms with van der Waals surface area (Å²) in [7, 11) is -1.72. The van der Waals surface area contributed by atoms with Crippen LogP contribution in [0.2, 0.25) is 0 Å². The second kappa shape index (κ2) is 5.94. The number of anilines is 1. The number of aryl methyl sites for hydroxylation is 2. The molecular weight excluding hydrogens is 296 g/mol. The molecule has 2 aromatic heterocycles. The highest BCUT2D eigenvalue weighted by atomic mass is 32.2. The van der Waals surface area contributed by atoms with E-state index in [1.54, 1.807) is 16.9 Å². The van der Waals surface area contributed by atoms with Crippen molar-refractivity contribution in [3.63, 3.8) is 0 Å². The first kappa shape index (κ1) is 15.0. The summed E-state index contributed by atoms with van der Waals surface area (Å²) in [5, 5.41) is 7.07. The lowest BCUT2D eigenvalue weighted by Gasteiger charge is -2.04. The Bertz CT molecular complexity index is 688. The molecule has 0 aromatic carbocycles. The molecule has 0 aliphatic rings. The van der Waals surface area contributed by atoms with E-state index in [4.69, 9.17) is 0 Å². The first-order valence-corrected chi connectivity index (χ1v) is 8.55. The lowest BCUT2D eigenvalue weighted by molar-refractivity contribution is 0.601. The highest BCUT2D eigenvalue weighted by Gasteiger charge is 2.20. The molecule has 2 rings (SSSR count). The van der Waals surface area contributed by atoms with Crippen LogP contribution >= 0.6 is 11.3 Å². The van der Waals surface area contributed by atoms with Gasteiger partial charge in [0.25, 0.3) is 10.0 Å². The molecule has 0 atom stereocenters. The smallest absolute Gasteiger partial charge is 0.263 e. The Morgan fingerprint density at radius 3 is 2.80 bits per heavy atom. The van der Waals surface area contributed by atoms with Crippen molar-refractivity contribution >= 4 is 27.0 Å². The summed E-state index contributed by atoms with van der Waals surface area (Å²) in [4.78, 5) is 2.11. The Morgan fingerprint density at radius 2 is 2.20 bits per heavy atom. The number of hydrogen-bond donors (Lipinski definition) is 2. The van der Waals surface area contributed by atoms with Gasteiger partial charge >= 0.3 is 0 Å². The van der Waals surface area contributed by atoms with Gasteiger partial charge in [-0.25, -0.2) is 8.42 Å². The average Bonchev–Trinajstić information content (AvgIpc) is 2.96. The third kappa shape index (κ3) is 3.20. The number of hydrogen-bond acceptors (Lipinski definition) is 5. The van der Waals surface area contributed by atoms with E-state index < -0.39 is 10.0 Å². The molecule has 0 saturated carbocycles. The SMILES string of the molecule is CCn1cc(NS(=O)(=O)c2cc(CNC)sc2C)cn1. The zero-order valence-corrected chi connectivity index (χ0v) is 13.3. The Labute approximate surface area is 122 Å². The van der Waals surface area contributed by atoms with Crippen LogP contribution in [0.15, 0.2) is 23.4 Å². The summed E-state index contributed by atoms with van der Waals surface area (Å²) in [6, 6.07) is 1.71.